The Labute approximate surface area is 183 Å². The van der Waals surface area contributed by atoms with Gasteiger partial charge in [-0.25, -0.2) is 0 Å². The molecule has 0 bridgehead atoms. The van der Waals surface area contributed by atoms with Gasteiger partial charge in [0.25, 0.3) is 11.7 Å². The van der Waals surface area contributed by atoms with Crippen molar-refractivity contribution in [2.75, 3.05) is 0 Å². The molecule has 0 amide bonds. The zero-order valence-corrected chi connectivity index (χ0v) is 17.4. The third-order valence-corrected chi connectivity index (χ3v) is 5.33. The lowest BCUT2D eigenvalue weighted by Gasteiger charge is -2.06. The van der Waals surface area contributed by atoms with Crippen molar-refractivity contribution in [1.29, 1.82) is 0 Å². The van der Waals surface area contributed by atoms with Gasteiger partial charge in [-0.1, -0.05) is 35.4 Å². The highest BCUT2D eigenvalue weighted by atomic mass is 35.5. The predicted octanol–water partition coefficient (Wildman–Crippen LogP) is 5.33. The molecule has 152 valence electrons. The third kappa shape index (κ3) is 3.73. The average molecular weight is 429 g/mol. The molecular formula is C24H17ClN4O2. The number of benzene rings is 2. The molecule has 0 saturated heterocycles. The van der Waals surface area contributed by atoms with Gasteiger partial charge in [-0.3, -0.25) is 9.78 Å². The van der Waals surface area contributed by atoms with Crippen molar-refractivity contribution in [3.63, 3.8) is 0 Å². The zero-order valence-electron chi connectivity index (χ0n) is 16.6. The lowest BCUT2D eigenvalue weighted by atomic mass is 10.1. The van der Waals surface area contributed by atoms with E-state index in [-0.39, 0.29) is 17.6 Å². The summed E-state index contributed by atoms with van der Waals surface area (Å²) in [5.74, 6) is -0.100. The van der Waals surface area contributed by atoms with Crippen LogP contribution in [0.25, 0.3) is 22.4 Å². The van der Waals surface area contributed by atoms with Crippen LogP contribution in [0.2, 0.25) is 5.02 Å². The average Bonchev–Trinajstić information content (AvgIpc) is 3.41. The SMILES string of the molecule is Cc1ccc2c(c1)c(C(=O)c1nnc(-c3cccnc3)o1)cn2Cc1ccc(Cl)cc1. The number of nitrogens with zero attached hydrogens (tertiary/aromatic N) is 4. The molecule has 0 aliphatic carbocycles. The van der Waals surface area contributed by atoms with Crippen LogP contribution in [0.3, 0.4) is 0 Å². The summed E-state index contributed by atoms with van der Waals surface area (Å²) < 4.78 is 7.72. The number of aryl methyl sites for hydroxylation is 1. The Hall–Kier alpha value is -3.77. The molecule has 0 radical (unpaired) electrons. The molecule has 7 heteroatoms. The van der Waals surface area contributed by atoms with E-state index in [1.54, 1.807) is 24.5 Å². The molecule has 0 spiro atoms. The fourth-order valence-corrected chi connectivity index (χ4v) is 3.67. The highest BCUT2D eigenvalue weighted by Gasteiger charge is 2.22. The summed E-state index contributed by atoms with van der Waals surface area (Å²) in [6.07, 6.45) is 5.11. The number of pyridine rings is 1. The first-order valence-electron chi connectivity index (χ1n) is 9.71. The van der Waals surface area contributed by atoms with Crippen LogP contribution >= 0.6 is 11.6 Å². The van der Waals surface area contributed by atoms with Gasteiger partial charge in [-0.05, 0) is 48.9 Å². The Kier molecular flexibility index (Phi) is 4.84. The molecule has 3 aromatic heterocycles. The van der Waals surface area contributed by atoms with Gasteiger partial charge in [0, 0.05) is 41.1 Å². The lowest BCUT2D eigenvalue weighted by molar-refractivity contribution is 0.100. The van der Waals surface area contributed by atoms with Gasteiger partial charge in [0.05, 0.1) is 11.1 Å². The number of ketones is 1. The van der Waals surface area contributed by atoms with Gasteiger partial charge in [-0.2, -0.15) is 0 Å². The Morgan fingerprint density at radius 2 is 1.94 bits per heavy atom. The fraction of sp³-hybridized carbons (Fsp3) is 0.0833. The van der Waals surface area contributed by atoms with Gasteiger partial charge in [0.2, 0.25) is 5.89 Å². The van der Waals surface area contributed by atoms with Gasteiger partial charge in [0.15, 0.2) is 0 Å². The third-order valence-electron chi connectivity index (χ3n) is 5.08. The number of hydrogen-bond donors (Lipinski definition) is 0. The van der Waals surface area contributed by atoms with E-state index < -0.39 is 0 Å². The van der Waals surface area contributed by atoms with E-state index in [1.807, 2.05) is 60.2 Å². The summed E-state index contributed by atoms with van der Waals surface area (Å²) in [5, 5.41) is 9.54. The lowest BCUT2D eigenvalue weighted by Crippen LogP contribution is -2.02. The summed E-state index contributed by atoms with van der Waals surface area (Å²) in [6, 6.07) is 17.3. The van der Waals surface area contributed by atoms with Crippen LogP contribution in [0.5, 0.6) is 0 Å². The van der Waals surface area contributed by atoms with Gasteiger partial charge >= 0.3 is 0 Å². The van der Waals surface area contributed by atoms with E-state index in [9.17, 15) is 4.79 Å². The monoisotopic (exact) mass is 428 g/mol. The van der Waals surface area contributed by atoms with Gasteiger partial charge < -0.3 is 8.98 Å². The van der Waals surface area contributed by atoms with Crippen LogP contribution in [-0.2, 0) is 6.54 Å². The van der Waals surface area contributed by atoms with Crippen LogP contribution in [0.4, 0.5) is 0 Å². The first kappa shape index (κ1) is 19.2. The smallest absolute Gasteiger partial charge is 0.289 e. The van der Waals surface area contributed by atoms with E-state index >= 15 is 0 Å². The quantitative estimate of drug-likeness (QED) is 0.354. The van der Waals surface area contributed by atoms with Crippen molar-refractivity contribution < 1.29 is 9.21 Å². The summed E-state index contributed by atoms with van der Waals surface area (Å²) >= 11 is 6.01. The molecule has 0 aliphatic heterocycles. The molecule has 0 aliphatic rings. The van der Waals surface area contributed by atoms with Crippen molar-refractivity contribution in [1.82, 2.24) is 19.7 Å². The number of hydrogen-bond acceptors (Lipinski definition) is 5. The highest BCUT2D eigenvalue weighted by Crippen LogP contribution is 2.27. The predicted molar refractivity (Wildman–Crippen MR) is 118 cm³/mol. The molecule has 5 aromatic rings. The molecule has 31 heavy (non-hydrogen) atoms. The maximum atomic E-state index is 13.3. The fourth-order valence-electron chi connectivity index (χ4n) is 3.55. The second kappa shape index (κ2) is 7.81. The topological polar surface area (TPSA) is 73.8 Å². The molecule has 2 aromatic carbocycles. The van der Waals surface area contributed by atoms with Crippen LogP contribution in [0.15, 0.2) is 77.6 Å². The van der Waals surface area contributed by atoms with E-state index in [0.717, 1.165) is 22.0 Å². The first-order chi connectivity index (χ1) is 15.1. The number of halogens is 1. The summed E-state index contributed by atoms with van der Waals surface area (Å²) in [7, 11) is 0. The second-order valence-electron chi connectivity index (χ2n) is 7.30. The number of rotatable bonds is 5. The van der Waals surface area contributed by atoms with Gasteiger partial charge in [0.1, 0.15) is 0 Å². The highest BCUT2D eigenvalue weighted by molar-refractivity contribution is 6.30. The second-order valence-corrected chi connectivity index (χ2v) is 7.74. The summed E-state index contributed by atoms with van der Waals surface area (Å²) in [6.45, 7) is 2.60. The minimum atomic E-state index is -0.312. The minimum Gasteiger partial charge on any atom is -0.413 e. The van der Waals surface area contributed by atoms with Gasteiger partial charge in [-0.15, -0.1) is 10.2 Å². The standard InChI is InChI=1S/C24H17ClN4O2/c1-15-4-9-21-19(11-15)20(14-29(21)13-16-5-7-18(25)8-6-16)22(30)24-28-27-23(31-24)17-3-2-10-26-12-17/h2-12,14H,13H2,1H3. The van der Waals surface area contributed by atoms with Crippen molar-refractivity contribution in [2.24, 2.45) is 0 Å². The van der Waals surface area contributed by atoms with Crippen LogP contribution in [0, 0.1) is 6.92 Å². The summed E-state index contributed by atoms with van der Waals surface area (Å²) in [5.41, 5.74) is 4.28. The van der Waals surface area contributed by atoms with Crippen molar-refractivity contribution in [2.45, 2.75) is 13.5 Å². The van der Waals surface area contributed by atoms with E-state index in [2.05, 4.69) is 15.2 Å². The molecule has 3 heterocycles. The molecule has 5 rings (SSSR count). The number of fused-ring (bicyclic) bond motifs is 1. The Morgan fingerprint density at radius 3 is 2.71 bits per heavy atom. The Morgan fingerprint density at radius 1 is 1.10 bits per heavy atom. The van der Waals surface area contributed by atoms with E-state index in [4.69, 9.17) is 16.0 Å². The Balaban J connectivity index is 1.55. The molecular weight excluding hydrogens is 412 g/mol. The maximum Gasteiger partial charge on any atom is 0.289 e. The van der Waals surface area contributed by atoms with Crippen LogP contribution in [0.1, 0.15) is 27.4 Å². The summed E-state index contributed by atoms with van der Waals surface area (Å²) in [4.78, 5) is 17.3. The largest absolute Gasteiger partial charge is 0.413 e. The van der Waals surface area contributed by atoms with E-state index in [1.165, 1.54) is 0 Å². The van der Waals surface area contributed by atoms with E-state index in [0.29, 0.717) is 22.7 Å². The van der Waals surface area contributed by atoms with Crippen molar-refractivity contribution in [3.8, 4) is 11.5 Å². The van der Waals surface area contributed by atoms with Crippen molar-refractivity contribution >= 4 is 28.3 Å². The number of aromatic nitrogens is 4. The van der Waals surface area contributed by atoms with Crippen molar-refractivity contribution in [3.05, 3.63) is 101 Å². The number of carbonyl (C=O) groups excluding carboxylic acids is 1. The molecule has 0 fully saturated rings. The van der Waals surface area contributed by atoms with Crippen LogP contribution < -0.4 is 0 Å². The Bertz CT molecular complexity index is 1390. The maximum absolute atomic E-state index is 13.3. The van der Waals surface area contributed by atoms with Crippen LogP contribution in [-0.4, -0.2) is 25.5 Å². The minimum absolute atomic E-state index is 0.0501. The molecule has 0 N–H and O–H groups in total. The molecule has 0 atom stereocenters. The molecule has 0 saturated carbocycles. The molecule has 6 nitrogen and oxygen atoms in total. The first-order valence-corrected chi connectivity index (χ1v) is 10.1. The number of carbonyl (C=O) groups is 1. The zero-order chi connectivity index (χ0) is 21.4. The molecule has 0 unspecified atom stereocenters. The normalized spacial score (nSPS) is 11.2.